The lowest BCUT2D eigenvalue weighted by molar-refractivity contribution is -0.116. The first-order valence-electron chi connectivity index (χ1n) is 6.65. The minimum Gasteiger partial charge on any atom is -0.472 e. The highest BCUT2D eigenvalue weighted by atomic mass is 79.9. The van der Waals surface area contributed by atoms with E-state index in [1.807, 2.05) is 0 Å². The molecule has 0 bridgehead atoms. The predicted octanol–water partition coefficient (Wildman–Crippen LogP) is 1.30. The van der Waals surface area contributed by atoms with Crippen molar-refractivity contribution in [2.24, 2.45) is 12.8 Å². The van der Waals surface area contributed by atoms with Crippen LogP contribution < -0.4 is 21.3 Å². The molecule has 0 aliphatic carbocycles. The van der Waals surface area contributed by atoms with Gasteiger partial charge in [0, 0.05) is 18.7 Å². The van der Waals surface area contributed by atoms with Gasteiger partial charge < -0.3 is 15.8 Å². The molecule has 2 rings (SSSR count). The Morgan fingerprint density at radius 2 is 2.17 bits per heavy atom. The maximum absolute atomic E-state index is 13.6. The number of hydrogen-bond acceptors (Lipinski definition) is 5. The van der Waals surface area contributed by atoms with Gasteiger partial charge in [0.1, 0.15) is 22.7 Å². The number of nitrogens with one attached hydrogen (secondary N) is 1. The molecule has 1 aromatic heterocycles. The lowest BCUT2D eigenvalue weighted by Crippen LogP contribution is -2.28. The number of carbonyl (C=O) groups excluding carboxylic acids is 1. The monoisotopic (exact) mass is 402 g/mol. The van der Waals surface area contributed by atoms with Gasteiger partial charge in [-0.25, -0.2) is 8.78 Å². The van der Waals surface area contributed by atoms with Crippen LogP contribution in [0.2, 0.25) is 0 Å². The van der Waals surface area contributed by atoms with Crippen LogP contribution in [-0.4, -0.2) is 22.0 Å². The van der Waals surface area contributed by atoms with Crippen molar-refractivity contribution in [3.63, 3.8) is 0 Å². The summed E-state index contributed by atoms with van der Waals surface area (Å²) in [5.74, 6) is -2.17. The average molecular weight is 403 g/mol. The predicted molar refractivity (Wildman–Crippen MR) is 85.6 cm³/mol. The number of primary amides is 1. The van der Waals surface area contributed by atoms with Gasteiger partial charge in [-0.3, -0.25) is 14.2 Å². The van der Waals surface area contributed by atoms with Gasteiger partial charge in [0.15, 0.2) is 0 Å². The molecule has 0 aliphatic rings. The maximum atomic E-state index is 13.6. The van der Waals surface area contributed by atoms with Crippen LogP contribution in [0.3, 0.4) is 0 Å². The summed E-state index contributed by atoms with van der Waals surface area (Å²) in [6.45, 7) is -0.492. The number of ether oxygens (including phenoxy) is 1. The van der Waals surface area contributed by atoms with Gasteiger partial charge in [0.2, 0.25) is 17.7 Å². The second-order valence-corrected chi connectivity index (χ2v) is 5.56. The molecule has 2 aromatic rings. The maximum Gasteiger partial charge on any atom is 0.272 e. The summed E-state index contributed by atoms with van der Waals surface area (Å²) in [4.78, 5) is 27.0. The fourth-order valence-electron chi connectivity index (χ4n) is 1.76. The van der Waals surface area contributed by atoms with E-state index in [0.29, 0.717) is 0 Å². The molecular formula is C14H13BrF2N4O3. The Bertz CT molecular complexity index is 841. The number of carbonyl (C=O) groups is 1. The van der Waals surface area contributed by atoms with Crippen molar-refractivity contribution in [3.8, 4) is 5.88 Å². The fraction of sp³-hybridized carbons (Fsp3) is 0.214. The molecule has 128 valence electrons. The molecule has 0 spiro atoms. The average Bonchev–Trinajstić information content (AvgIpc) is 2.52. The summed E-state index contributed by atoms with van der Waals surface area (Å²) in [6, 6.07) is 3.05. The number of benzene rings is 1. The second-order valence-electron chi connectivity index (χ2n) is 4.76. The largest absolute Gasteiger partial charge is 0.472 e. The van der Waals surface area contributed by atoms with E-state index in [1.54, 1.807) is 0 Å². The minimum absolute atomic E-state index is 0.0251. The molecule has 0 fully saturated rings. The van der Waals surface area contributed by atoms with Crippen molar-refractivity contribution in [2.45, 2.75) is 6.61 Å². The smallest absolute Gasteiger partial charge is 0.272 e. The molecular weight excluding hydrogens is 390 g/mol. The molecule has 0 aliphatic heterocycles. The van der Waals surface area contributed by atoms with Gasteiger partial charge in [-0.15, -0.1) is 0 Å². The summed E-state index contributed by atoms with van der Waals surface area (Å²) < 4.78 is 33.0. The highest BCUT2D eigenvalue weighted by Gasteiger charge is 2.15. The SMILES string of the molecule is Cn1c(NCC(N)=O)nc(OCc2ccc(F)cc2F)c(Br)c1=O. The molecule has 0 unspecified atom stereocenters. The zero-order valence-corrected chi connectivity index (χ0v) is 14.1. The molecule has 0 atom stereocenters. The van der Waals surface area contributed by atoms with E-state index in [-0.39, 0.29) is 35.0 Å². The van der Waals surface area contributed by atoms with Crippen molar-refractivity contribution in [1.29, 1.82) is 0 Å². The van der Waals surface area contributed by atoms with E-state index < -0.39 is 23.1 Å². The quantitative estimate of drug-likeness (QED) is 0.758. The minimum atomic E-state index is -0.776. The molecule has 7 nitrogen and oxygen atoms in total. The van der Waals surface area contributed by atoms with Crippen LogP contribution in [0.25, 0.3) is 0 Å². The third-order valence-corrected chi connectivity index (χ3v) is 3.68. The van der Waals surface area contributed by atoms with Gasteiger partial charge in [-0.2, -0.15) is 4.98 Å². The van der Waals surface area contributed by atoms with Crippen molar-refractivity contribution < 1.29 is 18.3 Å². The summed E-state index contributed by atoms with van der Waals surface area (Å²) in [7, 11) is 1.44. The standard InChI is InChI=1S/C14H13BrF2N4O3/c1-21-13(23)11(15)12(20-14(21)19-5-10(18)22)24-6-7-2-3-8(16)4-9(7)17/h2-4H,5-6H2,1H3,(H2,18,22)(H,19,20). The number of nitrogens with zero attached hydrogens (tertiary/aromatic N) is 2. The molecule has 24 heavy (non-hydrogen) atoms. The van der Waals surface area contributed by atoms with Crippen LogP contribution in [0.15, 0.2) is 27.5 Å². The third-order valence-electron chi connectivity index (χ3n) is 3.01. The number of nitrogens with two attached hydrogens (primary N) is 1. The van der Waals surface area contributed by atoms with E-state index in [4.69, 9.17) is 10.5 Å². The normalized spacial score (nSPS) is 10.5. The second kappa shape index (κ2) is 7.39. The molecule has 0 saturated carbocycles. The van der Waals surface area contributed by atoms with Crippen molar-refractivity contribution in [3.05, 3.63) is 50.2 Å². The summed E-state index contributed by atoms with van der Waals surface area (Å²) >= 11 is 3.05. The van der Waals surface area contributed by atoms with E-state index >= 15 is 0 Å². The van der Waals surface area contributed by atoms with Crippen LogP contribution in [0.4, 0.5) is 14.7 Å². The Hall–Kier alpha value is -2.49. The molecule has 1 aromatic carbocycles. The van der Waals surface area contributed by atoms with E-state index in [0.717, 1.165) is 16.7 Å². The van der Waals surface area contributed by atoms with Crippen molar-refractivity contribution in [2.75, 3.05) is 11.9 Å². The van der Waals surface area contributed by atoms with Crippen LogP contribution in [0.5, 0.6) is 5.88 Å². The van der Waals surface area contributed by atoms with Crippen LogP contribution in [-0.2, 0) is 18.4 Å². The van der Waals surface area contributed by atoms with Gasteiger partial charge in [0.25, 0.3) is 5.56 Å². The summed E-state index contributed by atoms with van der Waals surface area (Å²) in [6.07, 6.45) is 0. The summed E-state index contributed by atoms with van der Waals surface area (Å²) in [5, 5.41) is 2.59. The number of aromatic nitrogens is 2. The molecule has 1 amide bonds. The van der Waals surface area contributed by atoms with Crippen molar-refractivity contribution >= 4 is 27.8 Å². The molecule has 3 N–H and O–H groups in total. The first kappa shape index (κ1) is 17.9. The van der Waals surface area contributed by atoms with Crippen LogP contribution in [0.1, 0.15) is 5.56 Å². The Morgan fingerprint density at radius 3 is 2.79 bits per heavy atom. The topological polar surface area (TPSA) is 99.2 Å². The first-order chi connectivity index (χ1) is 11.3. The molecule has 1 heterocycles. The van der Waals surface area contributed by atoms with E-state index in [9.17, 15) is 18.4 Å². The first-order valence-corrected chi connectivity index (χ1v) is 7.44. The summed E-state index contributed by atoms with van der Waals surface area (Å²) in [5.41, 5.74) is 4.65. The van der Waals surface area contributed by atoms with Gasteiger partial charge in [-0.1, -0.05) is 0 Å². The third kappa shape index (κ3) is 4.07. The Labute approximate surface area is 143 Å². The fourth-order valence-corrected chi connectivity index (χ4v) is 2.23. The number of amides is 1. The highest BCUT2D eigenvalue weighted by Crippen LogP contribution is 2.22. The van der Waals surface area contributed by atoms with Crippen molar-refractivity contribution in [1.82, 2.24) is 9.55 Å². The van der Waals surface area contributed by atoms with E-state index in [2.05, 4.69) is 26.2 Å². The van der Waals surface area contributed by atoms with E-state index in [1.165, 1.54) is 13.1 Å². The number of halogens is 3. The zero-order chi connectivity index (χ0) is 17.9. The van der Waals surface area contributed by atoms with Gasteiger partial charge in [0.05, 0.1) is 6.54 Å². The molecule has 10 heteroatoms. The molecule has 0 saturated heterocycles. The lowest BCUT2D eigenvalue weighted by atomic mass is 10.2. The van der Waals surface area contributed by atoms with Gasteiger partial charge >= 0.3 is 0 Å². The lowest BCUT2D eigenvalue weighted by Gasteiger charge is -2.13. The van der Waals surface area contributed by atoms with Gasteiger partial charge in [-0.05, 0) is 28.1 Å². The molecule has 0 radical (unpaired) electrons. The Balaban J connectivity index is 2.25. The zero-order valence-electron chi connectivity index (χ0n) is 12.5. The number of rotatable bonds is 6. The Morgan fingerprint density at radius 1 is 1.46 bits per heavy atom. The highest BCUT2D eigenvalue weighted by molar-refractivity contribution is 9.10. The number of anilines is 1. The van der Waals surface area contributed by atoms with Crippen LogP contribution in [0, 0.1) is 11.6 Å². The number of hydrogen-bond donors (Lipinski definition) is 2. The Kier molecular flexibility index (Phi) is 5.50. The van der Waals surface area contributed by atoms with Crippen LogP contribution >= 0.6 is 15.9 Å².